The number of azo groups is 1. The molecule has 0 aromatic heterocycles. The molecule has 0 fully saturated rings. The van der Waals surface area contributed by atoms with Crippen molar-refractivity contribution in [3.05, 3.63) is 27.7 Å². The van der Waals surface area contributed by atoms with E-state index >= 15 is 0 Å². The molecule has 0 unspecified atom stereocenters. The minimum absolute atomic E-state index is 0.168. The van der Waals surface area contributed by atoms with Gasteiger partial charge in [-0.2, -0.15) is 5.11 Å². The number of halogens is 4. The van der Waals surface area contributed by atoms with Gasteiger partial charge in [0.1, 0.15) is 0 Å². The Hall–Kier alpha value is -0.350. The number of alkyl halides is 2. The summed E-state index contributed by atoms with van der Waals surface area (Å²) in [6.45, 7) is 3.39. The molecular weight excluding hydrogens is 318 g/mol. The summed E-state index contributed by atoms with van der Waals surface area (Å²) in [6, 6.07) is 3.15. The molecule has 3 nitrogen and oxygen atoms in total. The molecule has 0 saturated heterocycles. The summed E-state index contributed by atoms with van der Waals surface area (Å²) in [4.78, 5) is 11.4. The predicted octanol–water partition coefficient (Wildman–Crippen LogP) is 5.50. The minimum Gasteiger partial charge on any atom is -0.294 e. The highest BCUT2D eigenvalue weighted by Crippen LogP contribution is 2.33. The van der Waals surface area contributed by atoms with Crippen molar-refractivity contribution in [1.82, 2.24) is 0 Å². The molecule has 0 radical (unpaired) electrons. The first kappa shape index (κ1) is 15.7. The summed E-state index contributed by atoms with van der Waals surface area (Å²) < 4.78 is -1.88. The third kappa shape index (κ3) is 3.82. The highest BCUT2D eigenvalue weighted by atomic mass is 35.5. The van der Waals surface area contributed by atoms with Gasteiger partial charge in [0.25, 0.3) is 4.46 Å². The summed E-state index contributed by atoms with van der Waals surface area (Å²) in [6.07, 6.45) is 0.168. The average molecular weight is 328 g/mol. The third-order valence-corrected chi connectivity index (χ3v) is 3.41. The fourth-order valence-electron chi connectivity index (χ4n) is 1.12. The second kappa shape index (κ2) is 6.20. The highest BCUT2D eigenvalue weighted by Gasteiger charge is 2.31. The van der Waals surface area contributed by atoms with Gasteiger partial charge in [-0.1, -0.05) is 53.3 Å². The quantitative estimate of drug-likeness (QED) is 0.409. The Morgan fingerprint density at radius 2 is 1.94 bits per heavy atom. The van der Waals surface area contributed by atoms with E-state index in [1.54, 1.807) is 26.0 Å². The number of nitrogens with zero attached hydrogens (tertiary/aromatic N) is 2. The van der Waals surface area contributed by atoms with E-state index in [0.717, 1.165) is 0 Å². The van der Waals surface area contributed by atoms with Crippen LogP contribution >= 0.6 is 46.4 Å². The first-order valence-corrected chi connectivity index (χ1v) is 6.58. The molecule has 0 spiro atoms. The normalized spacial score (nSPS) is 12.1. The molecule has 0 atom stereocenters. The Morgan fingerprint density at radius 3 is 2.50 bits per heavy atom. The van der Waals surface area contributed by atoms with Gasteiger partial charge in [-0.3, -0.25) is 4.79 Å². The van der Waals surface area contributed by atoms with E-state index in [1.165, 1.54) is 0 Å². The molecule has 7 heteroatoms. The molecule has 0 aliphatic heterocycles. The summed E-state index contributed by atoms with van der Waals surface area (Å²) in [5.74, 6) is -0.430. The van der Waals surface area contributed by atoms with Gasteiger partial charge in [-0.05, 0) is 24.6 Å². The van der Waals surface area contributed by atoms with Crippen molar-refractivity contribution in [2.45, 2.75) is 24.7 Å². The second-order valence-electron chi connectivity index (χ2n) is 3.55. The van der Waals surface area contributed by atoms with Crippen molar-refractivity contribution < 1.29 is 4.79 Å². The average Bonchev–Trinajstić information content (AvgIpc) is 2.30. The van der Waals surface area contributed by atoms with Crippen molar-refractivity contribution in [2.24, 2.45) is 10.2 Å². The smallest absolute Gasteiger partial charge is 0.286 e. The number of carbonyl (C=O) groups is 1. The molecule has 0 aliphatic rings. The molecule has 18 heavy (non-hydrogen) atoms. The Bertz CT molecular complexity index is 500. The predicted molar refractivity (Wildman–Crippen MR) is 75.5 cm³/mol. The van der Waals surface area contributed by atoms with Crippen molar-refractivity contribution >= 4 is 57.9 Å². The Morgan fingerprint density at radius 1 is 1.33 bits per heavy atom. The zero-order valence-electron chi connectivity index (χ0n) is 9.68. The van der Waals surface area contributed by atoms with Gasteiger partial charge >= 0.3 is 0 Å². The van der Waals surface area contributed by atoms with E-state index in [9.17, 15) is 4.79 Å². The first-order chi connectivity index (χ1) is 8.27. The van der Waals surface area contributed by atoms with Crippen LogP contribution in [0.15, 0.2) is 22.4 Å². The molecule has 0 bridgehead atoms. The van der Waals surface area contributed by atoms with Gasteiger partial charge in [0, 0.05) is 16.5 Å². The first-order valence-electron chi connectivity index (χ1n) is 5.07. The maximum atomic E-state index is 11.4. The molecule has 0 amide bonds. The van der Waals surface area contributed by atoms with E-state index in [1.807, 2.05) is 0 Å². The number of benzene rings is 1. The number of carbonyl (C=O) groups excluding carboxylic acids is 1. The maximum absolute atomic E-state index is 11.4. The number of hydrogen-bond acceptors (Lipinski definition) is 3. The van der Waals surface area contributed by atoms with Crippen LogP contribution in [-0.2, 0) is 4.79 Å². The zero-order valence-corrected chi connectivity index (χ0v) is 12.7. The summed E-state index contributed by atoms with van der Waals surface area (Å²) in [5, 5.41) is 8.33. The molecule has 0 saturated carbocycles. The van der Waals surface area contributed by atoms with Gasteiger partial charge in [-0.15, -0.1) is 5.11 Å². The lowest BCUT2D eigenvalue weighted by Crippen LogP contribution is -2.21. The molecule has 0 N–H and O–H groups in total. The molecule has 0 heterocycles. The summed E-state index contributed by atoms with van der Waals surface area (Å²) in [5.41, 5.74) is 1.10. The van der Waals surface area contributed by atoms with E-state index in [0.29, 0.717) is 21.3 Å². The summed E-state index contributed by atoms with van der Waals surface area (Å²) >= 11 is 23.3. The monoisotopic (exact) mass is 326 g/mol. The van der Waals surface area contributed by atoms with Crippen LogP contribution in [0.5, 0.6) is 0 Å². The molecule has 1 aromatic rings. The molecule has 98 valence electrons. The maximum Gasteiger partial charge on any atom is 0.286 e. The highest BCUT2D eigenvalue weighted by molar-refractivity contribution is 6.58. The number of hydrogen-bond donors (Lipinski definition) is 0. The Balaban J connectivity index is 3.08. The van der Waals surface area contributed by atoms with Crippen molar-refractivity contribution in [3.63, 3.8) is 0 Å². The fraction of sp³-hybridized carbons (Fsp3) is 0.364. The zero-order chi connectivity index (χ0) is 13.9. The Kier molecular flexibility index (Phi) is 5.41. The van der Waals surface area contributed by atoms with Crippen LogP contribution in [0.25, 0.3) is 0 Å². The molecule has 0 aliphatic carbocycles. The largest absolute Gasteiger partial charge is 0.294 e. The van der Waals surface area contributed by atoms with Gasteiger partial charge in [0.05, 0.1) is 5.69 Å². The summed E-state index contributed by atoms with van der Waals surface area (Å²) in [7, 11) is 0. The van der Waals surface area contributed by atoms with E-state index in [-0.39, 0.29) is 6.42 Å². The van der Waals surface area contributed by atoms with Crippen molar-refractivity contribution in [2.75, 3.05) is 0 Å². The minimum atomic E-state index is -1.88. The topological polar surface area (TPSA) is 41.8 Å². The lowest BCUT2D eigenvalue weighted by Gasteiger charge is -2.10. The van der Waals surface area contributed by atoms with Crippen LogP contribution in [0, 0.1) is 6.92 Å². The van der Waals surface area contributed by atoms with E-state index in [4.69, 9.17) is 46.4 Å². The van der Waals surface area contributed by atoms with E-state index < -0.39 is 10.2 Å². The van der Waals surface area contributed by atoms with Crippen molar-refractivity contribution in [1.29, 1.82) is 0 Å². The molecular formula is C11H10Cl4N2O. The lowest BCUT2D eigenvalue weighted by molar-refractivity contribution is -0.119. The second-order valence-corrected chi connectivity index (χ2v) is 5.68. The molecule has 1 aromatic carbocycles. The van der Waals surface area contributed by atoms with Gasteiger partial charge in [0.15, 0.2) is 5.78 Å². The number of rotatable bonds is 4. The van der Waals surface area contributed by atoms with Crippen molar-refractivity contribution in [3.8, 4) is 0 Å². The van der Waals surface area contributed by atoms with Crippen LogP contribution in [0.4, 0.5) is 5.69 Å². The fourth-order valence-corrected chi connectivity index (χ4v) is 1.95. The SMILES string of the molecule is CCC(=O)C(Cl)(Cl)N=Nc1cc(Cl)cc(Cl)c1C. The van der Waals surface area contributed by atoms with Crippen LogP contribution < -0.4 is 0 Å². The van der Waals surface area contributed by atoms with Gasteiger partial charge < -0.3 is 0 Å². The van der Waals surface area contributed by atoms with Crippen LogP contribution in [0.3, 0.4) is 0 Å². The standard InChI is InChI=1S/C11H10Cl4N2O/c1-3-10(18)11(14,15)17-16-9-5-7(12)4-8(13)6(9)2/h4-5H,3H2,1-2H3. The lowest BCUT2D eigenvalue weighted by atomic mass is 10.2. The van der Waals surface area contributed by atoms with Crippen LogP contribution in [-0.4, -0.2) is 10.2 Å². The number of ketones is 1. The van der Waals surface area contributed by atoms with E-state index in [2.05, 4.69) is 10.2 Å². The Labute approximate surface area is 125 Å². The van der Waals surface area contributed by atoms with Crippen LogP contribution in [0.2, 0.25) is 10.0 Å². The van der Waals surface area contributed by atoms with Gasteiger partial charge in [0.2, 0.25) is 0 Å². The van der Waals surface area contributed by atoms with Gasteiger partial charge in [-0.25, -0.2) is 0 Å². The third-order valence-electron chi connectivity index (χ3n) is 2.22. The molecule has 1 rings (SSSR count). The van der Waals surface area contributed by atoms with Crippen LogP contribution in [0.1, 0.15) is 18.9 Å². The number of Topliss-reactive ketones (excluding diaryl/α,β-unsaturated/α-hetero) is 1.